The molecule has 0 unspecified atom stereocenters. The Kier molecular flexibility index (Phi) is 4.12. The van der Waals surface area contributed by atoms with E-state index in [4.69, 9.17) is 0 Å². The van der Waals surface area contributed by atoms with Crippen molar-refractivity contribution in [1.29, 1.82) is 0 Å². The zero-order chi connectivity index (χ0) is 12.3. The molecule has 1 rings (SSSR count). The van der Waals surface area contributed by atoms with Crippen molar-refractivity contribution in [3.63, 3.8) is 0 Å². The Morgan fingerprint density at radius 1 is 1.31 bits per heavy atom. The van der Waals surface area contributed by atoms with Crippen molar-refractivity contribution in [1.82, 2.24) is 0 Å². The average molecular weight is 293 g/mol. The molecule has 1 aromatic rings. The summed E-state index contributed by atoms with van der Waals surface area (Å²) in [6.07, 6.45) is -0.655. The van der Waals surface area contributed by atoms with E-state index in [0.717, 1.165) is 19.2 Å². The van der Waals surface area contributed by atoms with Crippen LogP contribution in [-0.2, 0) is 20.7 Å². The number of hydrogen-bond donors (Lipinski definition) is 0. The zero-order valence-corrected chi connectivity index (χ0v) is 9.81. The minimum atomic E-state index is -1.12. The highest BCUT2D eigenvalue weighted by Gasteiger charge is 2.20. The molecule has 16 heavy (non-hydrogen) atoms. The van der Waals surface area contributed by atoms with Gasteiger partial charge in [-0.1, -0.05) is 15.9 Å². The van der Waals surface area contributed by atoms with E-state index < -0.39 is 35.4 Å². The van der Waals surface area contributed by atoms with Gasteiger partial charge in [0.1, 0.15) is 11.6 Å². The maximum atomic E-state index is 13.3. The summed E-state index contributed by atoms with van der Waals surface area (Å²) in [5.41, 5.74) is -0.446. The van der Waals surface area contributed by atoms with Crippen molar-refractivity contribution in [2.75, 3.05) is 7.11 Å². The monoisotopic (exact) mass is 292 g/mol. The fourth-order valence-electron chi connectivity index (χ4n) is 1.09. The topological polar surface area (TPSA) is 43.4 Å². The molecule has 6 heteroatoms. The second-order valence-electron chi connectivity index (χ2n) is 2.94. The number of Topliss-reactive ketones (excluding diaryl/α,β-unsaturated/α-hetero) is 1. The smallest absolute Gasteiger partial charge is 0.374 e. The third-order valence-electron chi connectivity index (χ3n) is 1.86. The van der Waals surface area contributed by atoms with Crippen LogP contribution >= 0.6 is 15.9 Å². The molecule has 0 saturated carbocycles. The molecule has 0 aliphatic rings. The SMILES string of the molecule is COC(=O)C(=O)Cc1c(F)cc(Br)cc1F. The molecule has 0 bridgehead atoms. The Bertz CT molecular complexity index is 423. The van der Waals surface area contributed by atoms with Gasteiger partial charge >= 0.3 is 5.97 Å². The molecule has 0 saturated heterocycles. The molecule has 0 spiro atoms. The molecule has 0 fully saturated rings. The van der Waals surface area contributed by atoms with Gasteiger partial charge in [-0.25, -0.2) is 13.6 Å². The highest BCUT2D eigenvalue weighted by atomic mass is 79.9. The van der Waals surface area contributed by atoms with E-state index >= 15 is 0 Å². The first-order valence-corrected chi connectivity index (χ1v) is 4.99. The number of methoxy groups -OCH3 is 1. The first-order valence-electron chi connectivity index (χ1n) is 4.20. The number of ether oxygens (including phenoxy) is 1. The molecular weight excluding hydrogens is 286 g/mol. The van der Waals surface area contributed by atoms with E-state index in [-0.39, 0.29) is 4.47 Å². The van der Waals surface area contributed by atoms with Gasteiger partial charge in [0.25, 0.3) is 0 Å². The lowest BCUT2D eigenvalue weighted by Gasteiger charge is -2.04. The number of esters is 1. The van der Waals surface area contributed by atoms with Crippen LogP contribution in [0, 0.1) is 11.6 Å². The molecule has 0 aliphatic carbocycles. The molecule has 0 aromatic heterocycles. The van der Waals surface area contributed by atoms with Crippen molar-refractivity contribution in [3.8, 4) is 0 Å². The number of ketones is 1. The summed E-state index contributed by atoms with van der Waals surface area (Å²) in [4.78, 5) is 21.9. The average Bonchev–Trinajstić information content (AvgIpc) is 2.21. The Morgan fingerprint density at radius 2 is 1.81 bits per heavy atom. The molecule has 0 heterocycles. The normalized spacial score (nSPS) is 10.0. The lowest BCUT2D eigenvalue weighted by molar-refractivity contribution is -0.151. The third kappa shape index (κ3) is 2.85. The maximum absolute atomic E-state index is 13.3. The number of halogens is 3. The van der Waals surface area contributed by atoms with E-state index in [1.165, 1.54) is 0 Å². The van der Waals surface area contributed by atoms with Crippen LogP contribution in [0.4, 0.5) is 8.78 Å². The van der Waals surface area contributed by atoms with Gasteiger partial charge in [0.2, 0.25) is 5.78 Å². The number of hydrogen-bond acceptors (Lipinski definition) is 3. The molecule has 0 radical (unpaired) electrons. The Morgan fingerprint density at radius 3 is 2.25 bits per heavy atom. The van der Waals surface area contributed by atoms with Gasteiger partial charge in [-0.3, -0.25) is 4.79 Å². The minimum Gasteiger partial charge on any atom is -0.463 e. The summed E-state index contributed by atoms with van der Waals surface area (Å²) in [5.74, 6) is -3.89. The van der Waals surface area contributed by atoms with Crippen LogP contribution in [0.1, 0.15) is 5.56 Å². The molecule has 86 valence electrons. The molecule has 0 atom stereocenters. The van der Waals surface area contributed by atoms with Crippen LogP contribution in [0.5, 0.6) is 0 Å². The molecule has 0 amide bonds. The van der Waals surface area contributed by atoms with Crippen molar-refractivity contribution in [3.05, 3.63) is 33.8 Å². The summed E-state index contributed by atoms with van der Waals surface area (Å²) in [5, 5.41) is 0. The Labute approximate surface area is 98.5 Å². The zero-order valence-electron chi connectivity index (χ0n) is 8.22. The third-order valence-corrected chi connectivity index (χ3v) is 2.31. The van der Waals surface area contributed by atoms with E-state index in [1.54, 1.807) is 0 Å². The summed E-state index contributed by atoms with van der Waals surface area (Å²) >= 11 is 2.90. The van der Waals surface area contributed by atoms with Crippen molar-refractivity contribution >= 4 is 27.7 Å². The summed E-state index contributed by atoms with van der Waals surface area (Å²) in [6.45, 7) is 0. The van der Waals surface area contributed by atoms with Gasteiger partial charge in [-0.2, -0.15) is 0 Å². The second kappa shape index (κ2) is 5.16. The molecular formula is C10H7BrF2O3. The molecule has 1 aromatic carbocycles. The van der Waals surface area contributed by atoms with Gasteiger partial charge in [-0.15, -0.1) is 0 Å². The maximum Gasteiger partial charge on any atom is 0.374 e. The summed E-state index contributed by atoms with van der Waals surface area (Å²) in [7, 11) is 1.02. The number of benzene rings is 1. The predicted molar refractivity (Wildman–Crippen MR) is 54.8 cm³/mol. The molecule has 3 nitrogen and oxygen atoms in total. The number of rotatable bonds is 3. The van der Waals surface area contributed by atoms with Crippen molar-refractivity contribution in [2.24, 2.45) is 0 Å². The lowest BCUT2D eigenvalue weighted by Crippen LogP contribution is -2.19. The van der Waals surface area contributed by atoms with Crippen LogP contribution in [0.2, 0.25) is 0 Å². The van der Waals surface area contributed by atoms with Crippen LogP contribution in [0.25, 0.3) is 0 Å². The van der Waals surface area contributed by atoms with Crippen LogP contribution in [0.3, 0.4) is 0 Å². The standard InChI is InChI=1S/C10H7BrF2O3/c1-16-10(15)9(14)4-6-7(12)2-5(11)3-8(6)13/h2-3H,4H2,1H3. The molecule has 0 aliphatic heterocycles. The second-order valence-corrected chi connectivity index (χ2v) is 3.86. The predicted octanol–water partition coefficient (Wildman–Crippen LogP) is 2.01. The van der Waals surface area contributed by atoms with Gasteiger partial charge in [0.15, 0.2) is 0 Å². The van der Waals surface area contributed by atoms with E-state index in [9.17, 15) is 18.4 Å². The van der Waals surface area contributed by atoms with Gasteiger partial charge in [0, 0.05) is 16.5 Å². The van der Waals surface area contributed by atoms with Gasteiger partial charge in [0.05, 0.1) is 7.11 Å². The fraction of sp³-hybridized carbons (Fsp3) is 0.200. The van der Waals surface area contributed by atoms with Gasteiger partial charge < -0.3 is 4.74 Å². The van der Waals surface area contributed by atoms with Crippen LogP contribution < -0.4 is 0 Å². The molecule has 0 N–H and O–H groups in total. The lowest BCUT2D eigenvalue weighted by atomic mass is 10.1. The van der Waals surface area contributed by atoms with Crippen LogP contribution in [-0.4, -0.2) is 18.9 Å². The Hall–Kier alpha value is -1.30. The first kappa shape index (κ1) is 12.8. The van der Waals surface area contributed by atoms with Crippen molar-refractivity contribution in [2.45, 2.75) is 6.42 Å². The number of carbonyl (C=O) groups excluding carboxylic acids is 2. The largest absolute Gasteiger partial charge is 0.463 e. The number of carbonyl (C=O) groups is 2. The summed E-state index contributed by atoms with van der Waals surface area (Å²) < 4.78 is 30.9. The highest BCUT2D eigenvalue weighted by molar-refractivity contribution is 9.10. The minimum absolute atomic E-state index is 0.219. The summed E-state index contributed by atoms with van der Waals surface area (Å²) in [6, 6.07) is 2.03. The van der Waals surface area contributed by atoms with E-state index in [2.05, 4.69) is 20.7 Å². The van der Waals surface area contributed by atoms with Gasteiger partial charge in [-0.05, 0) is 12.1 Å². The van der Waals surface area contributed by atoms with E-state index in [0.29, 0.717) is 0 Å². The first-order chi connectivity index (χ1) is 7.45. The Balaban J connectivity index is 2.98. The van der Waals surface area contributed by atoms with Crippen LogP contribution in [0.15, 0.2) is 16.6 Å². The van der Waals surface area contributed by atoms with Crippen molar-refractivity contribution < 1.29 is 23.1 Å². The van der Waals surface area contributed by atoms with E-state index in [1.807, 2.05) is 0 Å². The highest BCUT2D eigenvalue weighted by Crippen LogP contribution is 2.20. The fourth-order valence-corrected chi connectivity index (χ4v) is 1.49. The quantitative estimate of drug-likeness (QED) is 0.632.